The molecule has 7 N–H and O–H groups in total. The fourth-order valence-corrected chi connectivity index (χ4v) is 1.81. The van der Waals surface area contributed by atoms with Crippen LogP contribution in [0.1, 0.15) is 12.8 Å². The van der Waals surface area contributed by atoms with Gasteiger partial charge in [0.2, 0.25) is 0 Å². The number of Topliss-reactive ketones (excluding diaryl/α,β-unsaturated/α-hetero) is 1. The summed E-state index contributed by atoms with van der Waals surface area (Å²) in [6.07, 6.45) is 0.789. The van der Waals surface area contributed by atoms with Crippen molar-refractivity contribution in [3.63, 3.8) is 0 Å². The van der Waals surface area contributed by atoms with E-state index < -0.39 is 33.7 Å². The van der Waals surface area contributed by atoms with Crippen molar-refractivity contribution < 1.29 is 17.8 Å². The maximum atomic E-state index is 11.4. The molecule has 0 amide bonds. The second-order valence-corrected chi connectivity index (χ2v) is 4.78. The monoisotopic (exact) mass is 239 g/mol. The zero-order valence-corrected chi connectivity index (χ0v) is 9.11. The van der Waals surface area contributed by atoms with E-state index in [1.807, 2.05) is 0 Å². The van der Waals surface area contributed by atoms with Crippen LogP contribution in [0.4, 0.5) is 0 Å². The Morgan fingerprint density at radius 2 is 1.87 bits per heavy atom. The fraction of sp³-hybridized carbons (Fsp3) is 0.857. The van der Waals surface area contributed by atoms with Crippen LogP contribution in [0.5, 0.6) is 0 Å². The molecule has 0 aromatic carbocycles. The molecule has 2 atom stereocenters. The molecule has 7 nitrogen and oxygen atoms in total. The summed E-state index contributed by atoms with van der Waals surface area (Å²) in [5.41, 5.74) is 15.7. The predicted molar refractivity (Wildman–Crippen MR) is 55.7 cm³/mol. The van der Waals surface area contributed by atoms with Crippen LogP contribution in [-0.2, 0) is 14.9 Å². The first-order valence-corrected chi connectivity index (χ1v) is 6.00. The van der Waals surface area contributed by atoms with Crippen molar-refractivity contribution in [1.82, 2.24) is 0 Å². The molecule has 0 spiro atoms. The lowest BCUT2D eigenvalue weighted by Gasteiger charge is -2.15. The van der Waals surface area contributed by atoms with E-state index >= 15 is 0 Å². The van der Waals surface area contributed by atoms with Gasteiger partial charge in [0.1, 0.15) is 0 Å². The molecule has 0 saturated carbocycles. The van der Waals surface area contributed by atoms with E-state index in [1.54, 1.807) is 0 Å². The second-order valence-electron chi connectivity index (χ2n) is 3.18. The summed E-state index contributed by atoms with van der Waals surface area (Å²) in [6, 6.07) is -0.955. The Balaban J connectivity index is 4.53. The molecule has 0 aromatic heterocycles. The molecular formula is C7H17N3O4S. The van der Waals surface area contributed by atoms with E-state index in [0.29, 0.717) is 13.0 Å². The Morgan fingerprint density at radius 3 is 2.20 bits per heavy atom. The van der Waals surface area contributed by atoms with Gasteiger partial charge in [-0.05, 0) is 19.4 Å². The summed E-state index contributed by atoms with van der Waals surface area (Å²) in [5, 5.41) is -1.63. The maximum Gasteiger partial charge on any atom is 0.276 e. The van der Waals surface area contributed by atoms with Crippen molar-refractivity contribution in [3.8, 4) is 0 Å². The average Bonchev–Trinajstić information content (AvgIpc) is 2.12. The van der Waals surface area contributed by atoms with Crippen LogP contribution >= 0.6 is 0 Å². The third-order valence-electron chi connectivity index (χ3n) is 1.98. The van der Waals surface area contributed by atoms with Gasteiger partial charge in [-0.2, -0.15) is 8.42 Å². The van der Waals surface area contributed by atoms with Crippen molar-refractivity contribution in [2.24, 2.45) is 17.2 Å². The van der Waals surface area contributed by atoms with E-state index in [0.717, 1.165) is 0 Å². The van der Waals surface area contributed by atoms with Gasteiger partial charge >= 0.3 is 0 Å². The first kappa shape index (κ1) is 14.5. The Hall–Kier alpha value is -0.540. The topological polar surface area (TPSA) is 149 Å². The van der Waals surface area contributed by atoms with Gasteiger partial charge < -0.3 is 17.2 Å². The predicted octanol–water partition coefficient (Wildman–Crippen LogP) is -2.16. The van der Waals surface area contributed by atoms with E-state index in [2.05, 4.69) is 0 Å². The van der Waals surface area contributed by atoms with Crippen molar-refractivity contribution >= 4 is 15.9 Å². The fourth-order valence-electron chi connectivity index (χ4n) is 1.10. The molecule has 90 valence electrons. The molecule has 0 rings (SSSR count). The van der Waals surface area contributed by atoms with Crippen molar-refractivity contribution in [2.75, 3.05) is 13.1 Å². The molecule has 0 aliphatic rings. The lowest BCUT2D eigenvalue weighted by molar-refractivity contribution is -0.120. The van der Waals surface area contributed by atoms with Crippen LogP contribution in [0.2, 0.25) is 0 Å². The molecule has 0 bridgehead atoms. The second kappa shape index (κ2) is 6.13. The van der Waals surface area contributed by atoms with Gasteiger partial charge in [0.15, 0.2) is 11.0 Å². The molecule has 0 aromatic rings. The number of ketones is 1. The smallest absolute Gasteiger partial charge is 0.276 e. The lowest BCUT2D eigenvalue weighted by atomic mass is 10.1. The van der Waals surface area contributed by atoms with Gasteiger partial charge in [-0.3, -0.25) is 9.35 Å². The molecule has 0 radical (unpaired) electrons. The van der Waals surface area contributed by atoms with Gasteiger partial charge in [0.05, 0.1) is 6.04 Å². The number of rotatable bonds is 7. The number of carbonyl (C=O) groups excluding carboxylic acids is 1. The highest BCUT2D eigenvalue weighted by atomic mass is 32.2. The van der Waals surface area contributed by atoms with Crippen molar-refractivity contribution in [2.45, 2.75) is 24.1 Å². The number of carbonyl (C=O) groups is 1. The molecule has 1 unspecified atom stereocenters. The SMILES string of the molecule is NCCC[C@H](N)C(=O)C(CN)S(=O)(=O)O. The van der Waals surface area contributed by atoms with E-state index in [-0.39, 0.29) is 6.42 Å². The van der Waals surface area contributed by atoms with Crippen LogP contribution in [0, 0.1) is 0 Å². The van der Waals surface area contributed by atoms with Gasteiger partial charge in [-0.25, -0.2) is 0 Å². The molecule has 0 heterocycles. The highest BCUT2D eigenvalue weighted by Gasteiger charge is 2.32. The lowest BCUT2D eigenvalue weighted by Crippen LogP contribution is -2.46. The number of hydrogen-bond acceptors (Lipinski definition) is 6. The Morgan fingerprint density at radius 1 is 1.33 bits per heavy atom. The van der Waals surface area contributed by atoms with Gasteiger partial charge in [0.25, 0.3) is 10.1 Å². The van der Waals surface area contributed by atoms with Gasteiger partial charge in [-0.1, -0.05) is 0 Å². The maximum absolute atomic E-state index is 11.4. The molecule has 8 heteroatoms. The van der Waals surface area contributed by atoms with E-state index in [9.17, 15) is 13.2 Å². The normalized spacial score (nSPS) is 16.0. The Kier molecular flexibility index (Phi) is 5.91. The standard InChI is InChI=1S/C7H17N3O4S/c8-3-1-2-5(10)7(11)6(4-9)15(12,13)14/h5-6H,1-4,8-10H2,(H,12,13,14)/t5-,6?/m0/s1. The molecule has 0 aliphatic heterocycles. The zero-order chi connectivity index (χ0) is 12.1. The molecular weight excluding hydrogens is 222 g/mol. The minimum Gasteiger partial charge on any atom is -0.330 e. The van der Waals surface area contributed by atoms with Gasteiger partial charge in [-0.15, -0.1) is 0 Å². The molecule has 0 saturated heterocycles. The molecule has 0 aliphatic carbocycles. The van der Waals surface area contributed by atoms with Crippen LogP contribution in [-0.4, -0.2) is 43.1 Å². The van der Waals surface area contributed by atoms with E-state index in [1.165, 1.54) is 0 Å². The minimum absolute atomic E-state index is 0.279. The minimum atomic E-state index is -4.47. The summed E-state index contributed by atoms with van der Waals surface area (Å²) in [4.78, 5) is 11.4. The first-order valence-electron chi connectivity index (χ1n) is 4.50. The highest BCUT2D eigenvalue weighted by molar-refractivity contribution is 7.87. The number of hydrogen-bond donors (Lipinski definition) is 4. The van der Waals surface area contributed by atoms with Crippen LogP contribution in [0.3, 0.4) is 0 Å². The summed E-state index contributed by atoms with van der Waals surface area (Å²) in [6.45, 7) is -0.117. The summed E-state index contributed by atoms with van der Waals surface area (Å²) < 4.78 is 30.2. The molecule has 15 heavy (non-hydrogen) atoms. The third kappa shape index (κ3) is 4.67. The van der Waals surface area contributed by atoms with Crippen LogP contribution < -0.4 is 17.2 Å². The average molecular weight is 239 g/mol. The number of nitrogens with two attached hydrogens (primary N) is 3. The zero-order valence-electron chi connectivity index (χ0n) is 8.30. The summed E-state index contributed by atoms with van der Waals surface area (Å²) in [5.74, 6) is -0.770. The van der Waals surface area contributed by atoms with Crippen LogP contribution in [0.25, 0.3) is 0 Å². The molecule has 0 fully saturated rings. The van der Waals surface area contributed by atoms with Crippen molar-refractivity contribution in [1.29, 1.82) is 0 Å². The Labute approximate surface area is 88.7 Å². The van der Waals surface area contributed by atoms with Gasteiger partial charge in [0, 0.05) is 6.54 Å². The third-order valence-corrected chi connectivity index (χ3v) is 3.12. The summed E-state index contributed by atoms with van der Waals surface area (Å²) >= 11 is 0. The van der Waals surface area contributed by atoms with Crippen molar-refractivity contribution in [3.05, 3.63) is 0 Å². The quantitative estimate of drug-likeness (QED) is 0.369. The Bertz CT molecular complexity index is 303. The highest BCUT2D eigenvalue weighted by Crippen LogP contribution is 2.04. The summed E-state index contributed by atoms with van der Waals surface area (Å²) in [7, 11) is -4.47. The largest absolute Gasteiger partial charge is 0.330 e. The van der Waals surface area contributed by atoms with Crippen LogP contribution in [0.15, 0.2) is 0 Å². The van der Waals surface area contributed by atoms with E-state index in [4.69, 9.17) is 21.8 Å². The first-order chi connectivity index (χ1) is 6.84.